The van der Waals surface area contributed by atoms with Gasteiger partial charge in [0.2, 0.25) is 0 Å². The number of hydrogen-bond acceptors (Lipinski definition) is 9. The molecule has 5 rings (SSSR count). The lowest BCUT2D eigenvalue weighted by atomic mass is 10.2. The summed E-state index contributed by atoms with van der Waals surface area (Å²) in [6, 6.07) is 9.38. The van der Waals surface area contributed by atoms with Gasteiger partial charge in [-0.15, -0.1) is 0 Å². The summed E-state index contributed by atoms with van der Waals surface area (Å²) in [4.78, 5) is 35.3. The highest BCUT2D eigenvalue weighted by Crippen LogP contribution is 2.16. The smallest absolute Gasteiger partial charge is 0.272 e. The number of aromatic nitrogens is 7. The fourth-order valence-corrected chi connectivity index (χ4v) is 3.27. The van der Waals surface area contributed by atoms with Gasteiger partial charge in [0, 0.05) is 32.1 Å². The number of aryl methyl sites for hydroxylation is 2. The fraction of sp³-hybridized carbons (Fsp3) is 0.125. The van der Waals surface area contributed by atoms with Crippen LogP contribution in [0.5, 0.6) is 0 Å². The first kappa shape index (κ1) is 23.8. The summed E-state index contributed by atoms with van der Waals surface area (Å²) in [6.45, 7) is 1.94. The van der Waals surface area contributed by atoms with E-state index in [1.807, 2.05) is 44.3 Å². The molecule has 12 heteroatoms. The number of hydrogen-bond donors (Lipinski definition) is 2. The van der Waals surface area contributed by atoms with E-state index in [2.05, 4.69) is 37.0 Å². The quantitative estimate of drug-likeness (QED) is 0.358. The Bertz CT molecular complexity index is 1660. The normalized spacial score (nSPS) is 10.3. The Morgan fingerprint density at radius 3 is 2.50 bits per heavy atom. The van der Waals surface area contributed by atoms with E-state index in [0.717, 1.165) is 11.3 Å². The molecule has 0 radical (unpaired) electrons. The lowest BCUT2D eigenvalue weighted by Gasteiger charge is -2.10. The van der Waals surface area contributed by atoms with Crippen LogP contribution < -0.4 is 17.0 Å². The summed E-state index contributed by atoms with van der Waals surface area (Å²) in [5.41, 5.74) is 11.9. The molecule has 0 saturated carbocycles. The van der Waals surface area contributed by atoms with Crippen LogP contribution >= 0.6 is 0 Å². The van der Waals surface area contributed by atoms with Gasteiger partial charge >= 0.3 is 0 Å². The van der Waals surface area contributed by atoms with Crippen molar-refractivity contribution >= 4 is 22.8 Å². The van der Waals surface area contributed by atoms with Crippen LogP contribution in [0.4, 0.5) is 5.82 Å². The number of amides is 1. The zero-order valence-electron chi connectivity index (χ0n) is 19.4. The van der Waals surface area contributed by atoms with Gasteiger partial charge in [-0.3, -0.25) is 18.8 Å². The SMILES string of the molecule is CCc1nc2onc(C#Cc3cnn(C)c3)c2c(=O)n1-c1ccccc1.NC(=O)c1nccnc1N. The minimum atomic E-state index is -0.661. The standard InChI is InChI=1S/C19H15N5O2.C5H6N4O/c1-3-16-21-18-17(19(25)24(16)14-7-5-4-6-8-14)15(22-26-18)10-9-13-11-20-23(2)12-13;6-4-3(5(7)10)8-1-2-9-4/h4-8,11-12H,3H2,1-2H3;1-2H,(H2,6,9)(H2,7,10). The Kier molecular flexibility index (Phi) is 6.83. The van der Waals surface area contributed by atoms with Crippen LogP contribution in [0.25, 0.3) is 16.8 Å². The van der Waals surface area contributed by atoms with E-state index in [-0.39, 0.29) is 33.9 Å². The highest BCUT2D eigenvalue weighted by atomic mass is 16.5. The van der Waals surface area contributed by atoms with E-state index in [0.29, 0.717) is 12.2 Å². The summed E-state index contributed by atoms with van der Waals surface area (Å²) in [6.07, 6.45) is 6.76. The summed E-state index contributed by atoms with van der Waals surface area (Å²) < 4.78 is 8.49. The maximum absolute atomic E-state index is 13.1. The van der Waals surface area contributed by atoms with Crippen LogP contribution in [0, 0.1) is 11.8 Å². The fourth-order valence-electron chi connectivity index (χ4n) is 3.27. The van der Waals surface area contributed by atoms with Crippen molar-refractivity contribution in [2.75, 3.05) is 5.73 Å². The number of carbonyl (C=O) groups excluding carboxylic acids is 1. The monoisotopic (exact) mass is 483 g/mol. The van der Waals surface area contributed by atoms with Crippen molar-refractivity contribution < 1.29 is 9.32 Å². The molecule has 0 aliphatic heterocycles. The predicted octanol–water partition coefficient (Wildman–Crippen LogP) is 1.23. The van der Waals surface area contributed by atoms with Gasteiger partial charge in [0.1, 0.15) is 11.2 Å². The topological polar surface area (TPSA) is 174 Å². The van der Waals surface area contributed by atoms with Crippen LogP contribution in [0.1, 0.15) is 34.5 Å². The molecule has 0 saturated heterocycles. The number of rotatable bonds is 3. The van der Waals surface area contributed by atoms with Crippen LogP contribution in [0.3, 0.4) is 0 Å². The molecule has 0 fully saturated rings. The average molecular weight is 483 g/mol. The van der Waals surface area contributed by atoms with E-state index < -0.39 is 5.91 Å². The number of benzene rings is 1. The first-order valence-corrected chi connectivity index (χ1v) is 10.7. The summed E-state index contributed by atoms with van der Waals surface area (Å²) in [5.74, 6) is 5.85. The van der Waals surface area contributed by atoms with Crippen molar-refractivity contribution in [3.63, 3.8) is 0 Å². The molecule has 0 aliphatic carbocycles. The van der Waals surface area contributed by atoms with E-state index in [9.17, 15) is 9.59 Å². The minimum absolute atomic E-state index is 0.0162. The highest BCUT2D eigenvalue weighted by Gasteiger charge is 2.18. The molecular weight excluding hydrogens is 462 g/mol. The van der Waals surface area contributed by atoms with Gasteiger partial charge in [0.15, 0.2) is 17.2 Å². The molecule has 0 unspecified atom stereocenters. The second-order valence-corrected chi connectivity index (χ2v) is 7.38. The third-order valence-corrected chi connectivity index (χ3v) is 4.90. The number of para-hydroxylation sites is 1. The summed E-state index contributed by atoms with van der Waals surface area (Å²) in [5, 5.41) is 8.28. The molecule has 0 bridgehead atoms. The summed E-state index contributed by atoms with van der Waals surface area (Å²) >= 11 is 0. The molecule has 1 aromatic carbocycles. The first-order chi connectivity index (χ1) is 17.4. The van der Waals surface area contributed by atoms with Crippen molar-refractivity contribution in [3.8, 4) is 17.5 Å². The third kappa shape index (κ3) is 4.95. The van der Waals surface area contributed by atoms with Crippen molar-refractivity contribution in [1.82, 2.24) is 34.5 Å². The predicted molar refractivity (Wildman–Crippen MR) is 131 cm³/mol. The van der Waals surface area contributed by atoms with E-state index in [1.54, 1.807) is 21.6 Å². The van der Waals surface area contributed by atoms with Gasteiger partial charge < -0.3 is 16.0 Å². The Hall–Kier alpha value is -5.31. The van der Waals surface area contributed by atoms with E-state index in [1.165, 1.54) is 12.4 Å². The van der Waals surface area contributed by atoms with Gasteiger partial charge in [0.05, 0.1) is 17.4 Å². The van der Waals surface area contributed by atoms with Gasteiger partial charge in [-0.25, -0.2) is 9.97 Å². The maximum Gasteiger partial charge on any atom is 0.272 e. The zero-order valence-corrected chi connectivity index (χ0v) is 19.4. The largest absolute Gasteiger partial charge is 0.382 e. The second-order valence-electron chi connectivity index (χ2n) is 7.38. The molecule has 12 nitrogen and oxygen atoms in total. The molecule has 0 aliphatic rings. The maximum atomic E-state index is 13.1. The number of anilines is 1. The Morgan fingerprint density at radius 1 is 1.14 bits per heavy atom. The van der Waals surface area contributed by atoms with Gasteiger partial charge in [0.25, 0.3) is 17.2 Å². The molecule has 1 amide bonds. The third-order valence-electron chi connectivity index (χ3n) is 4.90. The minimum Gasteiger partial charge on any atom is -0.382 e. The van der Waals surface area contributed by atoms with E-state index in [4.69, 9.17) is 16.0 Å². The van der Waals surface area contributed by atoms with Gasteiger partial charge in [-0.05, 0) is 18.1 Å². The van der Waals surface area contributed by atoms with Crippen molar-refractivity contribution in [2.45, 2.75) is 13.3 Å². The molecule has 36 heavy (non-hydrogen) atoms. The molecule has 180 valence electrons. The highest BCUT2D eigenvalue weighted by molar-refractivity contribution is 5.94. The van der Waals surface area contributed by atoms with Gasteiger partial charge in [-0.2, -0.15) is 10.1 Å². The average Bonchev–Trinajstić information content (AvgIpc) is 3.49. The van der Waals surface area contributed by atoms with Crippen LogP contribution in [-0.4, -0.2) is 40.4 Å². The number of nitrogens with zero attached hydrogens (tertiary/aromatic N) is 7. The number of nitrogen functional groups attached to an aromatic ring is 1. The van der Waals surface area contributed by atoms with E-state index >= 15 is 0 Å². The van der Waals surface area contributed by atoms with Crippen LogP contribution in [0.2, 0.25) is 0 Å². The lowest BCUT2D eigenvalue weighted by molar-refractivity contribution is 0.0996. The Balaban J connectivity index is 0.000000256. The van der Waals surface area contributed by atoms with Crippen molar-refractivity contribution in [3.05, 3.63) is 88.2 Å². The van der Waals surface area contributed by atoms with Crippen LogP contribution in [0.15, 0.2) is 64.4 Å². The lowest BCUT2D eigenvalue weighted by Crippen LogP contribution is -2.23. The Labute approximate surface area is 204 Å². The Morgan fingerprint density at radius 2 is 1.89 bits per heavy atom. The molecule has 0 atom stereocenters. The van der Waals surface area contributed by atoms with Crippen molar-refractivity contribution in [2.24, 2.45) is 12.8 Å². The van der Waals surface area contributed by atoms with Gasteiger partial charge in [-0.1, -0.05) is 36.2 Å². The summed E-state index contributed by atoms with van der Waals surface area (Å²) in [7, 11) is 1.81. The van der Waals surface area contributed by atoms with Crippen molar-refractivity contribution in [1.29, 1.82) is 0 Å². The molecule has 4 N–H and O–H groups in total. The number of fused-ring (bicyclic) bond motifs is 1. The molecule has 5 aromatic rings. The molecule has 0 spiro atoms. The second kappa shape index (κ2) is 10.3. The number of carbonyl (C=O) groups is 1. The van der Waals surface area contributed by atoms with Crippen LogP contribution in [-0.2, 0) is 13.5 Å². The number of nitrogens with two attached hydrogens (primary N) is 2. The first-order valence-electron chi connectivity index (χ1n) is 10.7. The zero-order chi connectivity index (χ0) is 25.7. The molecule has 4 heterocycles. The molecular formula is C24H21N9O3. The molecule has 4 aromatic heterocycles. The number of primary amides is 1.